The molecule has 2 atom stereocenters. The number of aliphatic hydroxyl groups is 2. The highest BCUT2D eigenvalue weighted by atomic mass is 35.5. The molecular weight excluding hydrogens is 270 g/mol. The van der Waals surface area contributed by atoms with Crippen LogP contribution in [0, 0.1) is 11.3 Å². The quantitative estimate of drug-likeness (QED) is 0.684. The molecule has 8 heteroatoms. The SMILES string of the molecule is Nc1nc(Cl)c2c(ncn2C[C@]2(CO)C[C@H]2CO)n1. The summed E-state index contributed by atoms with van der Waals surface area (Å²) in [6.45, 7) is 0.619. The van der Waals surface area contributed by atoms with Gasteiger partial charge in [-0.1, -0.05) is 11.6 Å². The standard InChI is InChI=1S/C11H14ClN5O2/c12-8-7-9(16-10(13)15-8)14-5-17(7)3-11(4-19)1-6(11)2-18/h5-6,18-19H,1-4H2,(H2,13,15,16)/t6-,11-/m0/s1. The van der Waals surface area contributed by atoms with E-state index in [0.717, 1.165) is 6.42 Å². The van der Waals surface area contributed by atoms with Gasteiger partial charge in [-0.25, -0.2) is 4.98 Å². The molecule has 0 saturated heterocycles. The number of hydrogen-bond acceptors (Lipinski definition) is 6. The molecule has 0 aromatic carbocycles. The summed E-state index contributed by atoms with van der Waals surface area (Å²) >= 11 is 6.07. The third kappa shape index (κ3) is 1.94. The molecule has 102 valence electrons. The van der Waals surface area contributed by atoms with Gasteiger partial charge in [-0.15, -0.1) is 0 Å². The predicted octanol–water partition coefficient (Wildman–Crippen LogP) is 0.0528. The first-order valence-corrected chi connectivity index (χ1v) is 6.33. The highest BCUT2D eigenvalue weighted by Gasteiger charge is 2.53. The summed E-state index contributed by atoms with van der Waals surface area (Å²) < 4.78 is 1.81. The van der Waals surface area contributed by atoms with Crippen molar-refractivity contribution in [1.29, 1.82) is 0 Å². The Kier molecular flexibility index (Phi) is 2.84. The van der Waals surface area contributed by atoms with Crippen molar-refractivity contribution in [2.45, 2.75) is 13.0 Å². The van der Waals surface area contributed by atoms with Crippen molar-refractivity contribution in [3.8, 4) is 0 Å². The van der Waals surface area contributed by atoms with E-state index in [4.69, 9.17) is 17.3 Å². The average molecular weight is 284 g/mol. The van der Waals surface area contributed by atoms with E-state index < -0.39 is 0 Å². The minimum Gasteiger partial charge on any atom is -0.396 e. The zero-order valence-electron chi connectivity index (χ0n) is 10.1. The number of hydrogen-bond donors (Lipinski definition) is 3. The molecule has 19 heavy (non-hydrogen) atoms. The molecule has 2 heterocycles. The van der Waals surface area contributed by atoms with Gasteiger partial charge in [0, 0.05) is 18.6 Å². The number of aliphatic hydroxyl groups excluding tert-OH is 2. The second-order valence-corrected chi connectivity index (χ2v) is 5.38. The fourth-order valence-electron chi connectivity index (χ4n) is 2.54. The number of aromatic nitrogens is 4. The monoisotopic (exact) mass is 283 g/mol. The lowest BCUT2D eigenvalue weighted by Crippen LogP contribution is -2.19. The van der Waals surface area contributed by atoms with Gasteiger partial charge in [-0.05, 0) is 12.3 Å². The van der Waals surface area contributed by atoms with Gasteiger partial charge in [0.25, 0.3) is 0 Å². The second-order valence-electron chi connectivity index (χ2n) is 5.02. The van der Waals surface area contributed by atoms with E-state index in [1.807, 2.05) is 4.57 Å². The van der Waals surface area contributed by atoms with E-state index in [0.29, 0.717) is 17.7 Å². The molecule has 1 fully saturated rings. The molecule has 0 amide bonds. The maximum Gasteiger partial charge on any atom is 0.223 e. The molecule has 4 N–H and O–H groups in total. The lowest BCUT2D eigenvalue weighted by molar-refractivity contribution is 0.159. The first-order chi connectivity index (χ1) is 9.09. The first-order valence-electron chi connectivity index (χ1n) is 5.95. The molecule has 0 radical (unpaired) electrons. The molecule has 2 aromatic heterocycles. The van der Waals surface area contributed by atoms with Crippen molar-refractivity contribution in [3.63, 3.8) is 0 Å². The van der Waals surface area contributed by atoms with Crippen LogP contribution in [-0.2, 0) is 6.54 Å². The highest BCUT2D eigenvalue weighted by Crippen LogP contribution is 2.53. The van der Waals surface area contributed by atoms with E-state index in [1.54, 1.807) is 6.33 Å². The topological polar surface area (TPSA) is 110 Å². The maximum absolute atomic E-state index is 9.51. The van der Waals surface area contributed by atoms with Crippen LogP contribution in [0.2, 0.25) is 5.15 Å². The van der Waals surface area contributed by atoms with Crippen LogP contribution in [0.25, 0.3) is 11.2 Å². The van der Waals surface area contributed by atoms with Crippen LogP contribution in [0.15, 0.2) is 6.33 Å². The van der Waals surface area contributed by atoms with Crippen LogP contribution in [0.1, 0.15) is 6.42 Å². The number of fused-ring (bicyclic) bond motifs is 1. The van der Waals surface area contributed by atoms with E-state index in [-0.39, 0.29) is 35.6 Å². The van der Waals surface area contributed by atoms with Crippen molar-refractivity contribution in [3.05, 3.63) is 11.5 Å². The molecule has 1 saturated carbocycles. The van der Waals surface area contributed by atoms with Crippen molar-refractivity contribution in [2.75, 3.05) is 18.9 Å². The molecule has 0 bridgehead atoms. The van der Waals surface area contributed by atoms with Gasteiger partial charge in [0.05, 0.1) is 12.9 Å². The van der Waals surface area contributed by atoms with Gasteiger partial charge >= 0.3 is 0 Å². The van der Waals surface area contributed by atoms with Crippen LogP contribution in [0.4, 0.5) is 5.95 Å². The Balaban J connectivity index is 1.98. The van der Waals surface area contributed by atoms with Crippen molar-refractivity contribution in [2.24, 2.45) is 11.3 Å². The molecular formula is C11H14ClN5O2. The van der Waals surface area contributed by atoms with E-state index in [2.05, 4.69) is 15.0 Å². The number of nitrogen functional groups attached to an aromatic ring is 1. The fourth-order valence-corrected chi connectivity index (χ4v) is 2.82. The lowest BCUT2D eigenvalue weighted by atomic mass is 10.1. The van der Waals surface area contributed by atoms with Crippen molar-refractivity contribution < 1.29 is 10.2 Å². The molecule has 0 unspecified atom stereocenters. The first kappa shape index (κ1) is 12.6. The van der Waals surface area contributed by atoms with Gasteiger partial charge in [0.15, 0.2) is 10.8 Å². The summed E-state index contributed by atoms with van der Waals surface area (Å²) in [5, 5.41) is 19.0. The fraction of sp³-hybridized carbons (Fsp3) is 0.545. The Labute approximate surface area is 114 Å². The minimum absolute atomic E-state index is 0.0192. The Morgan fingerprint density at radius 2 is 2.26 bits per heavy atom. The van der Waals surface area contributed by atoms with Crippen molar-refractivity contribution in [1.82, 2.24) is 19.5 Å². The number of nitrogens with two attached hydrogens (primary N) is 1. The molecule has 2 aromatic rings. The van der Waals surface area contributed by atoms with E-state index in [1.165, 1.54) is 0 Å². The van der Waals surface area contributed by atoms with E-state index >= 15 is 0 Å². The van der Waals surface area contributed by atoms with Crippen LogP contribution < -0.4 is 5.73 Å². The number of nitrogens with zero attached hydrogens (tertiary/aromatic N) is 4. The molecule has 1 aliphatic rings. The predicted molar refractivity (Wildman–Crippen MR) is 69.5 cm³/mol. The Morgan fingerprint density at radius 1 is 1.47 bits per heavy atom. The van der Waals surface area contributed by atoms with Gasteiger partial charge in [0.2, 0.25) is 5.95 Å². The summed E-state index contributed by atoms with van der Waals surface area (Å²) in [4.78, 5) is 12.1. The maximum atomic E-state index is 9.51. The molecule has 0 aliphatic heterocycles. The van der Waals surface area contributed by atoms with Gasteiger partial charge < -0.3 is 20.5 Å². The number of halogens is 1. The highest BCUT2D eigenvalue weighted by molar-refractivity contribution is 6.33. The van der Waals surface area contributed by atoms with Crippen LogP contribution in [0.3, 0.4) is 0 Å². The third-order valence-electron chi connectivity index (χ3n) is 3.83. The normalized spacial score (nSPS) is 25.9. The third-order valence-corrected chi connectivity index (χ3v) is 4.09. The zero-order valence-corrected chi connectivity index (χ0v) is 10.9. The van der Waals surface area contributed by atoms with Gasteiger partial charge in [-0.2, -0.15) is 9.97 Å². The average Bonchev–Trinajstić information content (AvgIpc) is 2.94. The summed E-state index contributed by atoms with van der Waals surface area (Å²) in [7, 11) is 0. The number of anilines is 1. The number of imidazole rings is 1. The zero-order chi connectivity index (χ0) is 13.6. The Hall–Kier alpha value is -1.44. The van der Waals surface area contributed by atoms with E-state index in [9.17, 15) is 10.2 Å². The smallest absolute Gasteiger partial charge is 0.223 e. The Morgan fingerprint density at radius 3 is 2.89 bits per heavy atom. The van der Waals surface area contributed by atoms with Gasteiger partial charge in [0.1, 0.15) is 5.52 Å². The summed E-state index contributed by atoms with van der Waals surface area (Å²) in [6, 6.07) is 0. The molecule has 7 nitrogen and oxygen atoms in total. The summed E-state index contributed by atoms with van der Waals surface area (Å²) in [5.74, 6) is 0.197. The van der Waals surface area contributed by atoms with Crippen LogP contribution in [0.5, 0.6) is 0 Å². The van der Waals surface area contributed by atoms with Crippen molar-refractivity contribution >= 4 is 28.7 Å². The van der Waals surface area contributed by atoms with Gasteiger partial charge in [-0.3, -0.25) is 0 Å². The number of rotatable bonds is 4. The Bertz CT molecular complexity index is 631. The summed E-state index contributed by atoms with van der Waals surface area (Å²) in [6.07, 6.45) is 2.39. The second kappa shape index (κ2) is 4.29. The lowest BCUT2D eigenvalue weighted by Gasteiger charge is -2.15. The van der Waals surface area contributed by atoms with Crippen LogP contribution in [-0.4, -0.2) is 42.9 Å². The molecule has 3 rings (SSSR count). The minimum atomic E-state index is -0.299. The largest absolute Gasteiger partial charge is 0.396 e. The summed E-state index contributed by atoms with van der Waals surface area (Å²) in [5.41, 5.74) is 6.26. The van der Waals surface area contributed by atoms with Crippen LogP contribution >= 0.6 is 11.6 Å². The molecule has 0 spiro atoms. The molecule has 1 aliphatic carbocycles.